The molecule has 0 spiro atoms. The first-order valence-corrected chi connectivity index (χ1v) is 24.6. The van der Waals surface area contributed by atoms with Crippen molar-refractivity contribution in [3.63, 3.8) is 0 Å². The van der Waals surface area contributed by atoms with Crippen molar-refractivity contribution in [2.75, 3.05) is 4.90 Å². The van der Waals surface area contributed by atoms with Gasteiger partial charge in [0, 0.05) is 36.6 Å². The van der Waals surface area contributed by atoms with Gasteiger partial charge in [-0.2, -0.15) is 10.5 Å². The predicted molar refractivity (Wildman–Crippen MR) is 300 cm³/mol. The summed E-state index contributed by atoms with van der Waals surface area (Å²) in [7, 11) is 0. The molecule has 9 heteroatoms. The normalized spacial score (nSPS) is 12.0. The van der Waals surface area contributed by atoms with E-state index in [2.05, 4.69) is 159 Å². The van der Waals surface area contributed by atoms with Gasteiger partial charge in [0.2, 0.25) is 0 Å². The number of aryl methyl sites for hydroxylation is 2. The molecule has 0 aliphatic carbocycles. The Hall–Kier alpha value is -9.12. The van der Waals surface area contributed by atoms with E-state index in [1.807, 2.05) is 72.8 Å². The van der Waals surface area contributed by atoms with Crippen LogP contribution in [-0.2, 0) is 9.59 Å². The third-order valence-corrected chi connectivity index (χ3v) is 14.1. The van der Waals surface area contributed by atoms with Gasteiger partial charge in [-0.15, -0.1) is 22.7 Å². The number of benzene rings is 6. The number of nitrogens with zero attached hydrogens (tertiary/aromatic N) is 3. The number of carbonyl (C=O) groups is 2. The quantitative estimate of drug-likeness (QED) is 0.0427. The van der Waals surface area contributed by atoms with Gasteiger partial charge in [-0.25, -0.2) is 9.59 Å². The third kappa shape index (κ3) is 12.6. The van der Waals surface area contributed by atoms with Gasteiger partial charge >= 0.3 is 11.9 Å². The SMILES string of the molecule is Cc1cc(/C=C/C=C/c2ccc(N(c3ccc(/C=C/c4ccc(-c5ccc(/C=C(/C#N)C(=O)O)s5)cc4)cc3)c3ccc(/C=C/c4ccc(-c5ccc(/C=C(\C#N)C(=O)O)s5)cc4)cc3)cc2)cc(C)c1C. The molecule has 0 aliphatic rings. The second-order valence-electron chi connectivity index (χ2n) is 16.9. The van der Waals surface area contributed by atoms with Gasteiger partial charge in [-0.1, -0.05) is 146 Å². The Kier molecular flexibility index (Phi) is 15.7. The highest BCUT2D eigenvalue weighted by molar-refractivity contribution is 7.16. The van der Waals surface area contributed by atoms with E-state index in [1.54, 1.807) is 12.1 Å². The topological polar surface area (TPSA) is 125 Å². The molecule has 0 fully saturated rings. The van der Waals surface area contributed by atoms with Crippen LogP contribution in [0.15, 0.2) is 181 Å². The van der Waals surface area contributed by atoms with Gasteiger partial charge < -0.3 is 15.1 Å². The Morgan fingerprint density at radius 3 is 1.10 bits per heavy atom. The molecule has 0 bridgehead atoms. The maximum atomic E-state index is 11.3. The molecule has 0 saturated heterocycles. The van der Waals surface area contributed by atoms with E-state index in [9.17, 15) is 19.8 Å². The average molecular weight is 974 g/mol. The van der Waals surface area contributed by atoms with Crippen molar-refractivity contribution in [2.24, 2.45) is 0 Å². The van der Waals surface area contributed by atoms with E-state index in [1.165, 1.54) is 57.1 Å². The Morgan fingerprint density at radius 2 is 0.764 bits per heavy atom. The number of anilines is 3. The highest BCUT2D eigenvalue weighted by Gasteiger charge is 2.14. The van der Waals surface area contributed by atoms with Crippen molar-refractivity contribution < 1.29 is 19.8 Å². The van der Waals surface area contributed by atoms with E-state index in [4.69, 9.17) is 10.5 Å². The van der Waals surface area contributed by atoms with Crippen LogP contribution in [0.5, 0.6) is 0 Å². The Bertz CT molecular complexity index is 3340. The summed E-state index contributed by atoms with van der Waals surface area (Å²) in [5.41, 5.74) is 14.8. The lowest BCUT2D eigenvalue weighted by atomic mass is 10.0. The molecule has 6 aromatic carbocycles. The van der Waals surface area contributed by atoms with Crippen molar-refractivity contribution in [1.29, 1.82) is 10.5 Å². The highest BCUT2D eigenvalue weighted by atomic mass is 32.1. The summed E-state index contributed by atoms with van der Waals surface area (Å²) in [6, 6.07) is 57.3. The largest absolute Gasteiger partial charge is 0.477 e. The van der Waals surface area contributed by atoms with Crippen LogP contribution in [0.3, 0.4) is 0 Å². The summed E-state index contributed by atoms with van der Waals surface area (Å²) >= 11 is 2.87. The molecule has 350 valence electrons. The number of carboxylic acid groups (broad SMARTS) is 2. The van der Waals surface area contributed by atoms with Crippen molar-refractivity contribution in [1.82, 2.24) is 0 Å². The number of allylic oxidation sites excluding steroid dienone is 2. The number of rotatable bonds is 16. The first-order valence-electron chi connectivity index (χ1n) is 22.9. The van der Waals surface area contributed by atoms with Crippen LogP contribution in [0.2, 0.25) is 0 Å². The molecule has 0 saturated carbocycles. The van der Waals surface area contributed by atoms with Crippen molar-refractivity contribution >= 4 is 100 Å². The number of hydrogen-bond acceptors (Lipinski definition) is 7. The first kappa shape index (κ1) is 49.3. The summed E-state index contributed by atoms with van der Waals surface area (Å²) in [6.45, 7) is 6.46. The Morgan fingerprint density at radius 1 is 0.444 bits per heavy atom. The lowest BCUT2D eigenvalue weighted by Crippen LogP contribution is -2.09. The fourth-order valence-corrected chi connectivity index (χ4v) is 9.70. The van der Waals surface area contributed by atoms with Gasteiger partial charge in [0.25, 0.3) is 0 Å². The maximum Gasteiger partial charge on any atom is 0.346 e. The fourth-order valence-electron chi connectivity index (χ4n) is 7.79. The molecular formula is C63H47N3O4S2. The average Bonchev–Trinajstić information content (AvgIpc) is 4.08. The first-order chi connectivity index (χ1) is 34.9. The van der Waals surface area contributed by atoms with E-state index < -0.39 is 11.9 Å². The van der Waals surface area contributed by atoms with Gasteiger partial charge in [0.15, 0.2) is 0 Å². The number of aliphatic carboxylic acids is 2. The molecule has 8 rings (SSSR count). The molecule has 0 aliphatic heterocycles. The maximum absolute atomic E-state index is 11.3. The number of carboxylic acids is 2. The minimum atomic E-state index is -1.24. The van der Waals surface area contributed by atoms with E-state index in [0.29, 0.717) is 9.75 Å². The molecule has 0 unspecified atom stereocenters. The van der Waals surface area contributed by atoms with E-state index >= 15 is 0 Å². The highest BCUT2D eigenvalue weighted by Crippen LogP contribution is 2.36. The zero-order valence-electron chi connectivity index (χ0n) is 39.7. The molecule has 8 aromatic rings. The third-order valence-electron chi connectivity index (χ3n) is 11.9. The molecule has 7 nitrogen and oxygen atoms in total. The van der Waals surface area contributed by atoms with Crippen molar-refractivity contribution in [2.45, 2.75) is 20.8 Å². The summed E-state index contributed by atoms with van der Waals surface area (Å²) in [6.07, 6.45) is 19.5. The Balaban J connectivity index is 0.989. The van der Waals surface area contributed by atoms with Gasteiger partial charge in [-0.3, -0.25) is 0 Å². The van der Waals surface area contributed by atoms with E-state index in [-0.39, 0.29) is 11.1 Å². The van der Waals surface area contributed by atoms with Crippen LogP contribution in [0.25, 0.3) is 69.5 Å². The fraction of sp³-hybridized carbons (Fsp3) is 0.0476. The monoisotopic (exact) mass is 973 g/mol. The van der Waals surface area contributed by atoms with Crippen LogP contribution in [-0.4, -0.2) is 22.2 Å². The molecule has 2 aromatic heterocycles. The lowest BCUT2D eigenvalue weighted by Gasteiger charge is -2.26. The smallest absolute Gasteiger partial charge is 0.346 e. The number of thiophene rings is 2. The molecule has 2 heterocycles. The van der Waals surface area contributed by atoms with Crippen molar-refractivity contribution in [3.05, 3.63) is 241 Å². The van der Waals surface area contributed by atoms with E-state index in [0.717, 1.165) is 65.8 Å². The number of nitriles is 2. The van der Waals surface area contributed by atoms with Crippen LogP contribution >= 0.6 is 22.7 Å². The number of hydrogen-bond donors (Lipinski definition) is 2. The standard InChI is InChI=1S/C63H47N3O4S2/c1-42-36-50(37-43(2)44(42)3)7-5-4-6-45-16-26-55(27-17-45)66(56-28-18-48(19-29-56)10-8-46-12-22-51(23-13-46)60-34-32-58(71-60)38-53(40-64)62(67)68)57-30-20-49(21-31-57)11-9-47-14-24-52(25-15-47)61-35-33-59(72-61)39-54(41-65)63(69)70/h4-39H,1-3H3,(H,67,68)(H,69,70)/b6-4+,7-5+,10-8+,11-9+,53-38-,54-39+. The zero-order valence-corrected chi connectivity index (χ0v) is 41.3. The van der Waals surface area contributed by atoms with Crippen LogP contribution < -0.4 is 4.90 Å². The molecule has 72 heavy (non-hydrogen) atoms. The summed E-state index contributed by atoms with van der Waals surface area (Å²) < 4.78 is 0. The molecule has 2 N–H and O–H groups in total. The summed E-state index contributed by atoms with van der Waals surface area (Å²) in [5.74, 6) is -2.48. The lowest BCUT2D eigenvalue weighted by molar-refractivity contribution is -0.133. The second kappa shape index (κ2) is 23.0. The zero-order chi connectivity index (χ0) is 50.6. The molecule has 0 amide bonds. The van der Waals surface area contributed by atoms with Crippen LogP contribution in [0.4, 0.5) is 17.1 Å². The van der Waals surface area contributed by atoms with Gasteiger partial charge in [0.05, 0.1) is 0 Å². The minimum absolute atomic E-state index is 0.295. The van der Waals surface area contributed by atoms with Gasteiger partial charge in [0.1, 0.15) is 23.3 Å². The summed E-state index contributed by atoms with van der Waals surface area (Å²) in [4.78, 5) is 28.2. The second-order valence-corrected chi connectivity index (χ2v) is 19.1. The van der Waals surface area contributed by atoms with Crippen LogP contribution in [0, 0.1) is 43.4 Å². The van der Waals surface area contributed by atoms with Crippen molar-refractivity contribution in [3.8, 4) is 33.0 Å². The van der Waals surface area contributed by atoms with Crippen LogP contribution in [0.1, 0.15) is 59.8 Å². The van der Waals surface area contributed by atoms with Gasteiger partial charge in [-0.05, 0) is 155 Å². The minimum Gasteiger partial charge on any atom is -0.477 e. The molecule has 0 atom stereocenters. The predicted octanol–water partition coefficient (Wildman–Crippen LogP) is 16.6. The summed E-state index contributed by atoms with van der Waals surface area (Å²) in [5, 5.41) is 36.7. The molecule has 0 radical (unpaired) electrons. The Labute approximate surface area is 427 Å². The molecular weight excluding hydrogens is 927 g/mol.